The number of nitrogens with zero attached hydrogens (tertiary/aromatic N) is 3. The number of benzene rings is 1. The van der Waals surface area contributed by atoms with Gasteiger partial charge in [0.1, 0.15) is 18.1 Å². The van der Waals surface area contributed by atoms with Gasteiger partial charge in [-0.05, 0) is 37.6 Å². The van der Waals surface area contributed by atoms with Gasteiger partial charge in [-0.25, -0.2) is 18.7 Å². The highest BCUT2D eigenvalue weighted by molar-refractivity contribution is 6.00. The number of carbonyl (C=O) groups is 1. The molecular weight excluding hydrogens is 458 g/mol. The molecule has 0 unspecified atom stereocenters. The first kappa shape index (κ1) is 25.5. The largest absolute Gasteiger partial charge is 0.392 e. The molecule has 3 rings (SSSR count). The monoisotopic (exact) mass is 482 g/mol. The van der Waals surface area contributed by atoms with E-state index >= 15 is 0 Å². The molecular formula is C24H24F2N6O3. The van der Waals surface area contributed by atoms with Crippen LogP contribution < -0.4 is 16.0 Å². The van der Waals surface area contributed by atoms with Gasteiger partial charge >= 0.3 is 0 Å². The molecule has 0 saturated carbocycles. The Morgan fingerprint density at radius 2 is 1.97 bits per heavy atom. The number of pyridine rings is 2. The molecule has 2 aromatic heterocycles. The number of aromatic nitrogens is 2. The molecule has 0 aliphatic heterocycles. The fourth-order valence-corrected chi connectivity index (χ4v) is 2.95. The molecule has 1 amide bonds. The zero-order valence-corrected chi connectivity index (χ0v) is 19.0. The van der Waals surface area contributed by atoms with Gasteiger partial charge in [0.25, 0.3) is 5.91 Å². The molecule has 0 spiro atoms. The second kappa shape index (κ2) is 10.9. The summed E-state index contributed by atoms with van der Waals surface area (Å²) in [5.74, 6) is -1.46. The Kier molecular flexibility index (Phi) is 7.91. The van der Waals surface area contributed by atoms with Crippen molar-refractivity contribution in [2.75, 3.05) is 17.2 Å². The number of amides is 1. The highest BCUT2D eigenvalue weighted by Crippen LogP contribution is 2.26. The number of aliphatic hydroxyl groups excluding tert-OH is 1. The van der Waals surface area contributed by atoms with Crippen LogP contribution >= 0.6 is 0 Å². The van der Waals surface area contributed by atoms with Crippen LogP contribution in [0.2, 0.25) is 0 Å². The van der Waals surface area contributed by atoms with Crippen molar-refractivity contribution in [1.82, 2.24) is 15.3 Å². The van der Waals surface area contributed by atoms with Crippen LogP contribution in [-0.2, 0) is 6.61 Å². The van der Waals surface area contributed by atoms with Gasteiger partial charge in [-0.2, -0.15) is 5.26 Å². The third-order valence-electron chi connectivity index (χ3n) is 4.96. The average Bonchev–Trinajstić information content (AvgIpc) is 2.83. The molecule has 0 aliphatic carbocycles. The zero-order valence-electron chi connectivity index (χ0n) is 19.0. The lowest BCUT2D eigenvalue weighted by molar-refractivity contribution is -0.00177. The summed E-state index contributed by atoms with van der Waals surface area (Å²) in [6.45, 7) is 1.97. The number of hydrogen-bond acceptors (Lipinski definition) is 8. The molecule has 0 radical (unpaired) electrons. The van der Waals surface area contributed by atoms with E-state index in [1.807, 2.05) is 0 Å². The van der Waals surface area contributed by atoms with Crippen LogP contribution in [0.3, 0.4) is 0 Å². The maximum atomic E-state index is 14.3. The molecule has 0 bridgehead atoms. The van der Waals surface area contributed by atoms with Crippen molar-refractivity contribution in [2.45, 2.75) is 32.2 Å². The Bertz CT molecular complexity index is 1260. The maximum Gasteiger partial charge on any atom is 0.255 e. The summed E-state index contributed by atoms with van der Waals surface area (Å²) in [7, 11) is 0. The Labute approximate surface area is 200 Å². The van der Waals surface area contributed by atoms with Gasteiger partial charge in [0.2, 0.25) is 0 Å². The molecule has 182 valence electrons. The maximum absolute atomic E-state index is 14.3. The van der Waals surface area contributed by atoms with E-state index in [4.69, 9.17) is 5.26 Å². The van der Waals surface area contributed by atoms with Gasteiger partial charge in [-0.1, -0.05) is 12.1 Å². The Hall–Kier alpha value is -4.14. The van der Waals surface area contributed by atoms with Crippen molar-refractivity contribution in [2.24, 2.45) is 0 Å². The molecule has 3 aromatic rings. The van der Waals surface area contributed by atoms with Gasteiger partial charge in [0.15, 0.2) is 11.6 Å². The summed E-state index contributed by atoms with van der Waals surface area (Å²) in [6, 6.07) is 11.1. The molecule has 0 saturated heterocycles. The van der Waals surface area contributed by atoms with Crippen LogP contribution in [-0.4, -0.2) is 44.4 Å². The quantitative estimate of drug-likeness (QED) is 0.313. The minimum atomic E-state index is -1.71. The standard InChI is InChI=1S/C24H24F2N6O3/c1-24(2,35)20(26)12-30-23(34)17-11-28-21(32-22-18(25)7-15(9-27)10-29-22)8-19(17)31-16-5-3-4-14(6-16)13-33/h3-8,10-11,20,33,35H,12-13H2,1-2H3,(H,30,34)(H2,28,29,31,32)/t20-/m1/s1. The minimum Gasteiger partial charge on any atom is -0.392 e. The molecule has 2 heterocycles. The molecule has 1 atom stereocenters. The first-order valence-corrected chi connectivity index (χ1v) is 10.5. The van der Waals surface area contributed by atoms with Crippen molar-refractivity contribution in [3.63, 3.8) is 0 Å². The van der Waals surface area contributed by atoms with Crippen molar-refractivity contribution in [3.05, 3.63) is 71.3 Å². The highest BCUT2D eigenvalue weighted by atomic mass is 19.1. The van der Waals surface area contributed by atoms with Crippen LogP contribution in [0.4, 0.5) is 31.8 Å². The van der Waals surface area contributed by atoms with Gasteiger partial charge in [-0.3, -0.25) is 4.79 Å². The van der Waals surface area contributed by atoms with E-state index in [0.717, 1.165) is 6.07 Å². The Balaban J connectivity index is 1.91. The number of rotatable bonds is 9. The van der Waals surface area contributed by atoms with Crippen LogP contribution in [0.5, 0.6) is 0 Å². The van der Waals surface area contributed by atoms with Gasteiger partial charge in [0.05, 0.1) is 35.6 Å². The number of anilines is 4. The van der Waals surface area contributed by atoms with Crippen molar-refractivity contribution >= 4 is 28.9 Å². The summed E-state index contributed by atoms with van der Waals surface area (Å²) in [5.41, 5.74) is -0.100. The zero-order chi connectivity index (χ0) is 25.6. The second-order valence-electron chi connectivity index (χ2n) is 8.22. The molecule has 0 aliphatic rings. The number of carbonyl (C=O) groups excluding carboxylic acids is 1. The summed E-state index contributed by atoms with van der Waals surface area (Å²) in [5, 5.41) is 36.2. The number of halogens is 2. The summed E-state index contributed by atoms with van der Waals surface area (Å²) >= 11 is 0. The van der Waals surface area contributed by atoms with Gasteiger partial charge in [0, 0.05) is 24.1 Å². The van der Waals surface area contributed by atoms with E-state index in [1.165, 1.54) is 32.3 Å². The predicted octanol–water partition coefficient (Wildman–Crippen LogP) is 3.31. The fraction of sp³-hybridized carbons (Fsp3) is 0.250. The van der Waals surface area contributed by atoms with Crippen LogP contribution in [0, 0.1) is 17.1 Å². The van der Waals surface area contributed by atoms with Crippen molar-refractivity contribution < 1.29 is 23.8 Å². The Morgan fingerprint density at radius 1 is 1.20 bits per heavy atom. The number of hydrogen-bond donors (Lipinski definition) is 5. The predicted molar refractivity (Wildman–Crippen MR) is 126 cm³/mol. The average molecular weight is 482 g/mol. The van der Waals surface area contributed by atoms with Crippen LogP contribution in [0.25, 0.3) is 0 Å². The third-order valence-corrected chi connectivity index (χ3v) is 4.96. The van der Waals surface area contributed by atoms with E-state index in [1.54, 1.807) is 30.3 Å². The molecule has 35 heavy (non-hydrogen) atoms. The van der Waals surface area contributed by atoms with Crippen LogP contribution in [0.1, 0.15) is 35.3 Å². The van der Waals surface area contributed by atoms with E-state index < -0.39 is 30.0 Å². The summed E-state index contributed by atoms with van der Waals surface area (Å²) < 4.78 is 28.4. The van der Waals surface area contributed by atoms with Gasteiger partial charge in [-0.15, -0.1) is 0 Å². The molecule has 11 heteroatoms. The SMILES string of the molecule is CC(C)(O)[C@H](F)CNC(=O)c1cnc(Nc2ncc(C#N)cc2F)cc1Nc1cccc(CO)c1. The minimum absolute atomic E-state index is 0.0522. The second-order valence-corrected chi connectivity index (χ2v) is 8.22. The van der Waals surface area contributed by atoms with Crippen molar-refractivity contribution in [1.29, 1.82) is 5.26 Å². The molecule has 9 nitrogen and oxygen atoms in total. The lowest BCUT2D eigenvalue weighted by Gasteiger charge is -2.22. The summed E-state index contributed by atoms with van der Waals surface area (Å²) in [6.07, 6.45) is 0.709. The van der Waals surface area contributed by atoms with Gasteiger partial charge < -0.3 is 26.2 Å². The first-order chi connectivity index (χ1) is 16.6. The smallest absolute Gasteiger partial charge is 0.255 e. The van der Waals surface area contributed by atoms with E-state index in [-0.39, 0.29) is 35.1 Å². The molecule has 0 fully saturated rings. The Morgan fingerprint density at radius 3 is 2.63 bits per heavy atom. The van der Waals surface area contributed by atoms with E-state index in [9.17, 15) is 23.8 Å². The first-order valence-electron chi connectivity index (χ1n) is 10.5. The number of aliphatic hydroxyl groups is 2. The topological polar surface area (TPSA) is 143 Å². The highest BCUT2D eigenvalue weighted by Gasteiger charge is 2.27. The number of nitriles is 1. The lowest BCUT2D eigenvalue weighted by atomic mass is 10.0. The van der Waals surface area contributed by atoms with Crippen LogP contribution in [0.15, 0.2) is 48.8 Å². The molecule has 1 aromatic carbocycles. The number of nitrogens with one attached hydrogen (secondary N) is 3. The normalized spacial score (nSPS) is 11.9. The molecule has 5 N–H and O–H groups in total. The fourth-order valence-electron chi connectivity index (χ4n) is 2.95. The van der Waals surface area contributed by atoms with E-state index in [0.29, 0.717) is 11.3 Å². The van der Waals surface area contributed by atoms with E-state index in [2.05, 4.69) is 25.9 Å². The van der Waals surface area contributed by atoms with Crippen molar-refractivity contribution in [3.8, 4) is 6.07 Å². The number of alkyl halides is 1. The summed E-state index contributed by atoms with van der Waals surface area (Å²) in [4.78, 5) is 20.8. The third kappa shape index (κ3) is 6.69. The lowest BCUT2D eigenvalue weighted by Crippen LogP contribution is -2.42.